The van der Waals surface area contributed by atoms with Gasteiger partial charge in [0, 0.05) is 0 Å². The molecule has 1 aromatic carbocycles. The molecule has 31 heavy (non-hydrogen) atoms. The average molecular weight is 443 g/mol. The van der Waals surface area contributed by atoms with Gasteiger partial charge in [0.2, 0.25) is 0 Å². The number of thiazole rings is 1. The van der Waals surface area contributed by atoms with Crippen LogP contribution in [0.5, 0.6) is 0 Å². The fraction of sp³-hybridized carbons (Fsp3) is 0.565. The van der Waals surface area contributed by atoms with E-state index >= 15 is 0 Å². The Bertz CT molecular complexity index is 1110. The Morgan fingerprint density at radius 1 is 1.06 bits per heavy atom. The van der Waals surface area contributed by atoms with Crippen molar-refractivity contribution in [3.63, 3.8) is 0 Å². The van der Waals surface area contributed by atoms with E-state index in [0.717, 1.165) is 29.5 Å². The highest BCUT2D eigenvalue weighted by molar-refractivity contribution is 7.16. The Kier molecular flexibility index (Phi) is 5.00. The number of aromatic nitrogens is 1. The second-order valence-electron chi connectivity index (χ2n) is 9.34. The van der Waals surface area contributed by atoms with E-state index in [9.17, 15) is 14.4 Å². The Morgan fingerprint density at radius 3 is 2.29 bits per heavy atom. The van der Waals surface area contributed by atoms with Gasteiger partial charge in [0.25, 0.3) is 5.91 Å². The molecule has 0 atom stereocenters. The maximum absolute atomic E-state index is 13.5. The summed E-state index contributed by atoms with van der Waals surface area (Å²) in [6.07, 6.45) is 6.59. The molecule has 1 amide bonds. The third kappa shape index (κ3) is 3.50. The molecular weight excluding hydrogens is 416 g/mol. The lowest BCUT2D eigenvalue weighted by Crippen LogP contribution is -2.50. The molecule has 4 saturated carbocycles. The molecule has 0 radical (unpaired) electrons. The maximum Gasteiger partial charge on any atom is 0.337 e. The van der Waals surface area contributed by atoms with Gasteiger partial charge in [0.05, 0.1) is 35.4 Å². The van der Waals surface area contributed by atoms with Crippen LogP contribution in [-0.4, -0.2) is 36.6 Å². The normalized spacial score (nSPS) is 29.4. The molecule has 164 valence electrons. The third-order valence-electron chi connectivity index (χ3n) is 7.31. The Labute approximate surface area is 184 Å². The van der Waals surface area contributed by atoms with Crippen LogP contribution < -0.4 is 4.80 Å². The SMILES string of the molecule is COC(=O)Cn1c(=NC(=O)C23CC4CC(CC(C4)C2)C3)sc2cc(C(=O)OC)ccc21. The lowest BCUT2D eigenvalue weighted by Gasteiger charge is -2.55. The monoisotopic (exact) mass is 442 g/mol. The van der Waals surface area contributed by atoms with E-state index in [-0.39, 0.29) is 17.9 Å². The van der Waals surface area contributed by atoms with Gasteiger partial charge in [-0.15, -0.1) is 0 Å². The van der Waals surface area contributed by atoms with Crippen LogP contribution in [0.3, 0.4) is 0 Å². The van der Waals surface area contributed by atoms with Crippen LogP contribution in [-0.2, 0) is 25.6 Å². The Hall–Kier alpha value is -2.48. The van der Waals surface area contributed by atoms with Crippen LogP contribution >= 0.6 is 11.3 Å². The van der Waals surface area contributed by atoms with E-state index in [1.165, 1.54) is 44.8 Å². The van der Waals surface area contributed by atoms with Crippen LogP contribution in [0.2, 0.25) is 0 Å². The number of rotatable bonds is 4. The molecule has 7 nitrogen and oxygen atoms in total. The zero-order valence-electron chi connectivity index (χ0n) is 17.8. The van der Waals surface area contributed by atoms with Gasteiger partial charge in [-0.3, -0.25) is 9.59 Å². The third-order valence-corrected chi connectivity index (χ3v) is 8.35. The number of amides is 1. The first-order valence-electron chi connectivity index (χ1n) is 10.8. The summed E-state index contributed by atoms with van der Waals surface area (Å²) in [6, 6.07) is 5.13. The van der Waals surface area contributed by atoms with Crippen LogP contribution in [0, 0.1) is 23.2 Å². The lowest BCUT2D eigenvalue weighted by molar-refractivity contribution is -0.143. The summed E-state index contributed by atoms with van der Waals surface area (Å²) in [5.41, 5.74) is 0.811. The van der Waals surface area contributed by atoms with Crippen LogP contribution in [0.4, 0.5) is 0 Å². The summed E-state index contributed by atoms with van der Waals surface area (Å²) >= 11 is 1.31. The van der Waals surface area contributed by atoms with Crippen LogP contribution in [0.1, 0.15) is 48.9 Å². The molecule has 0 saturated heterocycles. The average Bonchev–Trinajstić information content (AvgIpc) is 3.08. The van der Waals surface area contributed by atoms with Crippen LogP contribution in [0.25, 0.3) is 10.2 Å². The molecule has 6 rings (SSSR count). The molecule has 1 heterocycles. The van der Waals surface area contributed by atoms with Crippen molar-refractivity contribution in [3.05, 3.63) is 28.6 Å². The minimum absolute atomic E-state index is 0.0406. The number of benzene rings is 1. The fourth-order valence-corrected chi connectivity index (χ4v) is 7.39. The zero-order chi connectivity index (χ0) is 21.8. The molecule has 4 aliphatic rings. The predicted octanol–water partition coefficient (Wildman–Crippen LogP) is 3.31. The number of ether oxygens (including phenoxy) is 2. The number of carbonyl (C=O) groups is 3. The summed E-state index contributed by atoms with van der Waals surface area (Å²) in [4.78, 5) is 42.6. The number of nitrogens with zero attached hydrogens (tertiary/aromatic N) is 2. The maximum atomic E-state index is 13.5. The first kappa shape index (κ1) is 20.4. The van der Waals surface area contributed by atoms with Crippen molar-refractivity contribution in [1.82, 2.24) is 4.57 Å². The summed E-state index contributed by atoms with van der Waals surface area (Å²) in [6.45, 7) is -0.0406. The highest BCUT2D eigenvalue weighted by atomic mass is 32.1. The second-order valence-corrected chi connectivity index (χ2v) is 10.3. The molecule has 4 bridgehead atoms. The van der Waals surface area contributed by atoms with Gasteiger partial charge in [-0.1, -0.05) is 11.3 Å². The molecule has 0 aliphatic heterocycles. The van der Waals surface area contributed by atoms with E-state index in [1.807, 2.05) is 0 Å². The summed E-state index contributed by atoms with van der Waals surface area (Å²) in [7, 11) is 2.67. The predicted molar refractivity (Wildman–Crippen MR) is 114 cm³/mol. The lowest BCUT2D eigenvalue weighted by atomic mass is 9.49. The summed E-state index contributed by atoms with van der Waals surface area (Å²) in [5, 5.41) is 0. The van der Waals surface area contributed by atoms with Gasteiger partial charge in [-0.2, -0.15) is 4.99 Å². The first-order chi connectivity index (χ1) is 14.9. The van der Waals surface area contributed by atoms with Crippen molar-refractivity contribution >= 4 is 39.4 Å². The second kappa shape index (κ2) is 7.58. The topological polar surface area (TPSA) is 87.0 Å². The van der Waals surface area contributed by atoms with Crippen molar-refractivity contribution in [2.45, 2.75) is 45.1 Å². The Morgan fingerprint density at radius 2 is 1.71 bits per heavy atom. The van der Waals surface area contributed by atoms with E-state index in [1.54, 1.807) is 22.8 Å². The van der Waals surface area contributed by atoms with Crippen LogP contribution in [0.15, 0.2) is 23.2 Å². The molecule has 0 spiro atoms. The van der Waals surface area contributed by atoms with E-state index < -0.39 is 11.9 Å². The Balaban J connectivity index is 1.58. The standard InChI is InChI=1S/C23H26N2O5S/c1-29-19(26)12-25-17-4-3-16(20(27)30-2)8-18(17)31-22(25)24-21(28)23-9-13-5-14(10-23)7-15(6-13)11-23/h3-4,8,13-15H,5-7,9-12H2,1-2H3. The molecule has 2 aromatic rings. The number of hydrogen-bond acceptors (Lipinski definition) is 6. The molecule has 0 N–H and O–H groups in total. The fourth-order valence-electron chi connectivity index (χ4n) is 6.33. The molecule has 0 unspecified atom stereocenters. The summed E-state index contributed by atoms with van der Waals surface area (Å²) < 4.78 is 12.2. The highest BCUT2D eigenvalue weighted by Crippen LogP contribution is 2.60. The van der Waals surface area contributed by atoms with Gasteiger partial charge in [0.1, 0.15) is 6.54 Å². The van der Waals surface area contributed by atoms with E-state index in [4.69, 9.17) is 9.47 Å². The van der Waals surface area contributed by atoms with Gasteiger partial charge in [-0.05, 0) is 74.5 Å². The van der Waals surface area contributed by atoms with Crippen molar-refractivity contribution in [3.8, 4) is 0 Å². The van der Waals surface area contributed by atoms with Crippen molar-refractivity contribution in [1.29, 1.82) is 0 Å². The minimum atomic E-state index is -0.432. The van der Waals surface area contributed by atoms with Crippen molar-refractivity contribution in [2.75, 3.05) is 14.2 Å². The zero-order valence-corrected chi connectivity index (χ0v) is 18.6. The number of fused-ring (bicyclic) bond motifs is 1. The molecule has 4 fully saturated rings. The van der Waals surface area contributed by atoms with Crippen molar-refractivity contribution in [2.24, 2.45) is 28.2 Å². The molecule has 4 aliphatic carbocycles. The number of carbonyl (C=O) groups excluding carboxylic acids is 3. The smallest absolute Gasteiger partial charge is 0.337 e. The number of hydrogen-bond donors (Lipinski definition) is 0. The van der Waals surface area contributed by atoms with Gasteiger partial charge in [-0.25, -0.2) is 4.79 Å². The minimum Gasteiger partial charge on any atom is -0.468 e. The van der Waals surface area contributed by atoms with E-state index in [2.05, 4.69) is 4.99 Å². The molecule has 8 heteroatoms. The van der Waals surface area contributed by atoms with E-state index in [0.29, 0.717) is 28.1 Å². The number of esters is 2. The quantitative estimate of drug-likeness (QED) is 0.678. The van der Waals surface area contributed by atoms with Crippen molar-refractivity contribution < 1.29 is 23.9 Å². The van der Waals surface area contributed by atoms with Gasteiger partial charge < -0.3 is 14.0 Å². The first-order valence-corrected chi connectivity index (χ1v) is 11.6. The largest absolute Gasteiger partial charge is 0.468 e. The molecular formula is C23H26N2O5S. The number of methoxy groups -OCH3 is 2. The molecule has 1 aromatic heterocycles. The highest BCUT2D eigenvalue weighted by Gasteiger charge is 2.54. The summed E-state index contributed by atoms with van der Waals surface area (Å²) in [5.74, 6) is 1.05. The van der Waals surface area contributed by atoms with Gasteiger partial charge in [0.15, 0.2) is 4.80 Å². The van der Waals surface area contributed by atoms with Gasteiger partial charge >= 0.3 is 11.9 Å².